The fourth-order valence-corrected chi connectivity index (χ4v) is 4.42. The van der Waals surface area contributed by atoms with E-state index in [4.69, 9.17) is 0 Å². The number of aryl methyl sites for hydroxylation is 2. The molecule has 0 saturated heterocycles. The summed E-state index contributed by atoms with van der Waals surface area (Å²) in [4.78, 5) is 12.9. The van der Waals surface area contributed by atoms with Crippen molar-refractivity contribution in [2.75, 3.05) is 0 Å². The Bertz CT molecular complexity index is 986. The van der Waals surface area contributed by atoms with Crippen molar-refractivity contribution < 1.29 is 4.79 Å². The van der Waals surface area contributed by atoms with Crippen LogP contribution in [0.3, 0.4) is 0 Å². The van der Waals surface area contributed by atoms with Gasteiger partial charge in [-0.15, -0.1) is 5.10 Å². The fourth-order valence-electron chi connectivity index (χ4n) is 3.61. The molecule has 0 fully saturated rings. The zero-order valence-corrected chi connectivity index (χ0v) is 16.8. The molecule has 1 amide bonds. The maximum Gasteiger partial charge on any atom is 0.233 e. The molecular formula is C21H23N5OS. The van der Waals surface area contributed by atoms with Crippen LogP contribution in [0.15, 0.2) is 53.7 Å². The van der Waals surface area contributed by atoms with Gasteiger partial charge < -0.3 is 5.32 Å². The smallest absolute Gasteiger partial charge is 0.233 e. The quantitative estimate of drug-likeness (QED) is 0.670. The number of fused-ring (bicyclic) bond motifs is 1. The molecule has 0 saturated carbocycles. The third-order valence-electron chi connectivity index (χ3n) is 5.12. The monoisotopic (exact) mass is 393 g/mol. The molecule has 6 nitrogen and oxygen atoms in total. The Balaban J connectivity index is 1.47. The van der Waals surface area contributed by atoms with Crippen molar-refractivity contribution in [2.24, 2.45) is 0 Å². The molecule has 28 heavy (non-hydrogen) atoms. The van der Waals surface area contributed by atoms with Crippen molar-refractivity contribution in [1.82, 2.24) is 25.5 Å². The first kappa shape index (κ1) is 18.7. The van der Waals surface area contributed by atoms with Crippen LogP contribution in [0.4, 0.5) is 0 Å². The van der Waals surface area contributed by atoms with E-state index in [0.29, 0.717) is 5.16 Å². The molecule has 7 heteroatoms. The van der Waals surface area contributed by atoms with Gasteiger partial charge in [0.05, 0.1) is 17.0 Å². The second-order valence-corrected chi connectivity index (χ2v) is 8.38. The van der Waals surface area contributed by atoms with Gasteiger partial charge in [-0.05, 0) is 66.3 Å². The van der Waals surface area contributed by atoms with E-state index in [-0.39, 0.29) is 17.2 Å². The second kappa shape index (κ2) is 8.14. The van der Waals surface area contributed by atoms with Crippen LogP contribution in [0.5, 0.6) is 0 Å². The summed E-state index contributed by atoms with van der Waals surface area (Å²) in [6, 6.07) is 16.4. The largest absolute Gasteiger partial charge is 0.348 e. The van der Waals surface area contributed by atoms with E-state index >= 15 is 0 Å². The van der Waals surface area contributed by atoms with Gasteiger partial charge >= 0.3 is 0 Å². The predicted molar refractivity (Wildman–Crippen MR) is 109 cm³/mol. The highest BCUT2D eigenvalue weighted by Gasteiger charge is 2.25. The minimum atomic E-state index is -0.303. The zero-order chi connectivity index (χ0) is 19.5. The number of hydrogen-bond acceptors (Lipinski definition) is 5. The summed E-state index contributed by atoms with van der Waals surface area (Å²) < 4.78 is 1.69. The Morgan fingerprint density at radius 3 is 2.86 bits per heavy atom. The van der Waals surface area contributed by atoms with Crippen LogP contribution < -0.4 is 5.32 Å². The molecule has 1 aromatic heterocycles. The summed E-state index contributed by atoms with van der Waals surface area (Å²) in [5, 5.41) is 15.6. The van der Waals surface area contributed by atoms with Crippen molar-refractivity contribution in [3.63, 3.8) is 0 Å². The fraction of sp³-hybridized carbons (Fsp3) is 0.333. The standard InChI is InChI=1S/C21H23N5OS/c1-14-8-3-6-13-19(14)26-21(23-24-25-26)28-15(2)20(27)22-18-12-7-10-16-9-4-5-11-17(16)18/h3-6,8-9,11,13,15,18H,7,10,12H2,1-2H3,(H,22,27)/t15-,18+/m0/s1. The number of thioether (sulfide) groups is 1. The minimum Gasteiger partial charge on any atom is -0.348 e. The summed E-state index contributed by atoms with van der Waals surface area (Å²) in [7, 11) is 0. The topological polar surface area (TPSA) is 72.7 Å². The molecule has 0 unspecified atom stereocenters. The van der Waals surface area contributed by atoms with Gasteiger partial charge in [0.15, 0.2) is 0 Å². The van der Waals surface area contributed by atoms with Crippen molar-refractivity contribution in [3.8, 4) is 5.69 Å². The van der Waals surface area contributed by atoms with Crippen molar-refractivity contribution in [2.45, 2.75) is 49.6 Å². The summed E-state index contributed by atoms with van der Waals surface area (Å²) in [6.45, 7) is 3.91. The number of aromatic nitrogens is 4. The van der Waals surface area contributed by atoms with Crippen LogP contribution in [-0.2, 0) is 11.2 Å². The van der Waals surface area contributed by atoms with E-state index in [2.05, 4.69) is 39.0 Å². The molecule has 144 valence electrons. The van der Waals surface area contributed by atoms with Crippen LogP contribution in [0, 0.1) is 6.92 Å². The van der Waals surface area contributed by atoms with Crippen LogP contribution in [0.25, 0.3) is 5.69 Å². The van der Waals surface area contributed by atoms with Gasteiger partial charge in [0.25, 0.3) is 0 Å². The Labute approximate surface area is 168 Å². The predicted octanol–water partition coefficient (Wildman–Crippen LogP) is 3.65. The molecule has 0 spiro atoms. The SMILES string of the molecule is Cc1ccccc1-n1nnnc1S[C@@H](C)C(=O)N[C@@H]1CCCc2ccccc21. The average molecular weight is 394 g/mol. The third kappa shape index (κ3) is 3.80. The Morgan fingerprint density at radius 2 is 2.00 bits per heavy atom. The van der Waals surface area contributed by atoms with Gasteiger partial charge in [-0.3, -0.25) is 4.79 Å². The highest BCUT2D eigenvalue weighted by molar-refractivity contribution is 8.00. The van der Waals surface area contributed by atoms with Gasteiger partial charge in [0, 0.05) is 0 Å². The molecular weight excluding hydrogens is 370 g/mol. The van der Waals surface area contributed by atoms with Crippen molar-refractivity contribution in [1.29, 1.82) is 0 Å². The normalized spacial score (nSPS) is 17.0. The lowest BCUT2D eigenvalue weighted by Gasteiger charge is -2.27. The molecule has 3 aromatic rings. The van der Waals surface area contributed by atoms with Crippen LogP contribution in [-0.4, -0.2) is 31.4 Å². The Morgan fingerprint density at radius 1 is 1.21 bits per heavy atom. The average Bonchev–Trinajstić information content (AvgIpc) is 3.16. The molecule has 0 radical (unpaired) electrons. The zero-order valence-electron chi connectivity index (χ0n) is 16.0. The first-order chi connectivity index (χ1) is 13.6. The Kier molecular flexibility index (Phi) is 5.43. The van der Waals surface area contributed by atoms with E-state index in [1.54, 1.807) is 4.68 Å². The molecule has 1 N–H and O–H groups in total. The maximum atomic E-state index is 12.9. The summed E-state index contributed by atoms with van der Waals surface area (Å²) in [5.74, 6) is 0.00559. The third-order valence-corrected chi connectivity index (χ3v) is 6.15. The van der Waals surface area contributed by atoms with Gasteiger partial charge in [-0.2, -0.15) is 4.68 Å². The number of amides is 1. The van der Waals surface area contributed by atoms with E-state index in [1.807, 2.05) is 44.2 Å². The molecule has 0 bridgehead atoms. The lowest BCUT2D eigenvalue weighted by atomic mass is 9.88. The molecule has 1 heterocycles. The van der Waals surface area contributed by atoms with Gasteiger partial charge in [-0.1, -0.05) is 54.2 Å². The van der Waals surface area contributed by atoms with Gasteiger partial charge in [0.1, 0.15) is 0 Å². The first-order valence-corrected chi connectivity index (χ1v) is 10.4. The van der Waals surface area contributed by atoms with E-state index in [0.717, 1.165) is 30.5 Å². The van der Waals surface area contributed by atoms with Crippen molar-refractivity contribution >= 4 is 17.7 Å². The number of carbonyl (C=O) groups is 1. The van der Waals surface area contributed by atoms with E-state index in [1.165, 1.54) is 22.9 Å². The van der Waals surface area contributed by atoms with Gasteiger partial charge in [0.2, 0.25) is 11.1 Å². The highest BCUT2D eigenvalue weighted by Crippen LogP contribution is 2.30. The number of hydrogen-bond donors (Lipinski definition) is 1. The lowest BCUT2D eigenvalue weighted by molar-refractivity contribution is -0.121. The first-order valence-electron chi connectivity index (χ1n) is 9.52. The van der Waals surface area contributed by atoms with Gasteiger partial charge in [-0.25, -0.2) is 0 Å². The van der Waals surface area contributed by atoms with Crippen molar-refractivity contribution in [3.05, 3.63) is 65.2 Å². The number of tetrazole rings is 1. The minimum absolute atomic E-state index is 0.00559. The van der Waals surface area contributed by atoms with E-state index in [9.17, 15) is 4.79 Å². The molecule has 0 aliphatic heterocycles. The van der Waals surface area contributed by atoms with E-state index < -0.39 is 0 Å². The molecule has 1 aliphatic rings. The lowest BCUT2D eigenvalue weighted by Crippen LogP contribution is -2.36. The molecule has 1 aliphatic carbocycles. The maximum absolute atomic E-state index is 12.9. The van der Waals surface area contributed by atoms with Crippen LogP contribution >= 0.6 is 11.8 Å². The number of carbonyl (C=O) groups excluding carboxylic acids is 1. The number of para-hydroxylation sites is 1. The molecule has 4 rings (SSSR count). The summed E-state index contributed by atoms with van der Waals surface area (Å²) in [5.41, 5.74) is 4.57. The molecule has 2 atom stereocenters. The second-order valence-electron chi connectivity index (χ2n) is 7.07. The summed E-state index contributed by atoms with van der Waals surface area (Å²) >= 11 is 1.37. The Hall–Kier alpha value is -2.67. The number of benzene rings is 2. The van der Waals surface area contributed by atoms with Crippen LogP contribution in [0.2, 0.25) is 0 Å². The summed E-state index contributed by atoms with van der Waals surface area (Å²) in [6.07, 6.45) is 3.15. The molecule has 2 aromatic carbocycles. The number of nitrogens with zero attached hydrogens (tertiary/aromatic N) is 4. The highest BCUT2D eigenvalue weighted by atomic mass is 32.2. The van der Waals surface area contributed by atoms with Crippen LogP contribution in [0.1, 0.15) is 42.5 Å². The number of rotatable bonds is 5. The number of nitrogens with one attached hydrogen (secondary N) is 1.